The summed E-state index contributed by atoms with van der Waals surface area (Å²) in [5.74, 6) is 2.92. The molecule has 2 heterocycles. The van der Waals surface area contributed by atoms with Gasteiger partial charge in [-0.3, -0.25) is 0 Å². The number of hydrogen-bond acceptors (Lipinski definition) is 5. The maximum Gasteiger partial charge on any atom is 0.171 e. The van der Waals surface area contributed by atoms with E-state index in [-0.39, 0.29) is 22.7 Å². The molecular weight excluding hydrogens is 416 g/mol. The Labute approximate surface area is 199 Å². The summed E-state index contributed by atoms with van der Waals surface area (Å²) in [6.07, 6.45) is 8.48. The molecule has 6 rings (SSSR count). The van der Waals surface area contributed by atoms with Gasteiger partial charge in [0.1, 0.15) is 0 Å². The van der Waals surface area contributed by atoms with Gasteiger partial charge in [0.15, 0.2) is 5.79 Å². The van der Waals surface area contributed by atoms with Crippen LogP contribution in [0.15, 0.2) is 0 Å². The first-order valence-electron chi connectivity index (χ1n) is 13.8. The lowest BCUT2D eigenvalue weighted by Gasteiger charge is -2.66. The van der Waals surface area contributed by atoms with Crippen LogP contribution in [0.3, 0.4) is 0 Å². The van der Waals surface area contributed by atoms with E-state index < -0.39 is 11.7 Å². The van der Waals surface area contributed by atoms with Gasteiger partial charge < -0.3 is 24.4 Å². The summed E-state index contributed by atoms with van der Waals surface area (Å²) in [5, 5.41) is 22.4. The van der Waals surface area contributed by atoms with E-state index in [9.17, 15) is 10.2 Å². The van der Waals surface area contributed by atoms with Gasteiger partial charge in [-0.25, -0.2) is 0 Å². The van der Waals surface area contributed by atoms with Gasteiger partial charge in [-0.2, -0.15) is 0 Å². The fourth-order valence-electron chi connectivity index (χ4n) is 10.5. The highest BCUT2D eigenvalue weighted by atomic mass is 16.7. The molecule has 4 aliphatic carbocycles. The van der Waals surface area contributed by atoms with E-state index in [2.05, 4.69) is 27.7 Å². The lowest BCUT2D eigenvalue weighted by atomic mass is 9.42. The molecule has 0 bridgehead atoms. The Morgan fingerprint density at radius 1 is 0.970 bits per heavy atom. The first kappa shape index (κ1) is 23.2. The summed E-state index contributed by atoms with van der Waals surface area (Å²) >= 11 is 0. The van der Waals surface area contributed by atoms with Crippen LogP contribution in [-0.4, -0.2) is 53.6 Å². The van der Waals surface area contributed by atoms with Crippen molar-refractivity contribution in [2.75, 3.05) is 13.7 Å². The van der Waals surface area contributed by atoms with Crippen molar-refractivity contribution < 1.29 is 24.4 Å². The predicted octanol–water partition coefficient (Wildman–Crippen LogP) is 4.53. The number of aliphatic hydroxyl groups excluding tert-OH is 1. The van der Waals surface area contributed by atoms with Gasteiger partial charge in [0.2, 0.25) is 0 Å². The highest BCUT2D eigenvalue weighted by Gasteiger charge is 2.72. The predicted molar refractivity (Wildman–Crippen MR) is 125 cm³/mol. The van der Waals surface area contributed by atoms with Crippen LogP contribution in [0.2, 0.25) is 0 Å². The van der Waals surface area contributed by atoms with E-state index in [0.29, 0.717) is 48.0 Å². The van der Waals surface area contributed by atoms with Crippen LogP contribution < -0.4 is 0 Å². The lowest BCUT2D eigenvalue weighted by Crippen LogP contribution is -2.69. The molecule has 0 radical (unpaired) electrons. The molecule has 4 saturated carbocycles. The summed E-state index contributed by atoms with van der Waals surface area (Å²) < 4.78 is 19.4. The Hall–Kier alpha value is -0.200. The van der Waals surface area contributed by atoms with E-state index in [4.69, 9.17) is 14.2 Å². The Morgan fingerprint density at radius 2 is 1.76 bits per heavy atom. The molecule has 188 valence electrons. The molecule has 2 saturated heterocycles. The second kappa shape index (κ2) is 7.41. The molecule has 33 heavy (non-hydrogen) atoms. The van der Waals surface area contributed by atoms with Crippen LogP contribution >= 0.6 is 0 Å². The van der Waals surface area contributed by atoms with Crippen molar-refractivity contribution in [3.8, 4) is 0 Å². The highest BCUT2D eigenvalue weighted by molar-refractivity contribution is 5.20. The summed E-state index contributed by atoms with van der Waals surface area (Å²) in [6.45, 7) is 10.4. The normalized spacial score (nSPS) is 62.5. The summed E-state index contributed by atoms with van der Waals surface area (Å²) in [6, 6.07) is 0. The molecule has 13 atom stereocenters. The molecule has 0 aromatic heterocycles. The fraction of sp³-hybridized carbons (Fsp3) is 1.00. The van der Waals surface area contributed by atoms with Crippen LogP contribution in [0.25, 0.3) is 0 Å². The highest BCUT2D eigenvalue weighted by Crippen LogP contribution is 2.72. The van der Waals surface area contributed by atoms with Crippen LogP contribution in [0.5, 0.6) is 0 Å². The van der Waals surface area contributed by atoms with Gasteiger partial charge >= 0.3 is 0 Å². The average molecular weight is 463 g/mol. The Balaban J connectivity index is 1.31. The third-order valence-corrected chi connectivity index (χ3v) is 12.4. The Morgan fingerprint density at radius 3 is 2.45 bits per heavy atom. The standard InChI is InChI=1S/C28H46O5/c1-16-6-11-28(32-15-16)17(2)24-22(33-28)13-21-19-12-23(31-5)27(30)14-18(29)7-10-26(27,4)20(19)8-9-25(21,24)3/h16-24,29-30H,6-15H2,1-5H3/t16-,17+,18+,19-,20+,21+,22+,23-,24+,25+,26-,27+,28-/m1/s1. The van der Waals surface area contributed by atoms with Gasteiger partial charge in [0.05, 0.1) is 30.5 Å². The summed E-state index contributed by atoms with van der Waals surface area (Å²) in [4.78, 5) is 0. The van der Waals surface area contributed by atoms with Gasteiger partial charge in [-0.15, -0.1) is 0 Å². The van der Waals surface area contributed by atoms with Crippen molar-refractivity contribution in [3.63, 3.8) is 0 Å². The van der Waals surface area contributed by atoms with Crippen molar-refractivity contribution in [1.29, 1.82) is 0 Å². The SMILES string of the molecule is CO[C@@H]1C[C@H]2[C@@H]3C[C@@H]4O[C@]5(CC[C@@H](C)CO5)[C@@H](C)[C@@H]4[C@@]3(C)CC[C@@H]2[C@@]2(C)CC[C@H](O)C[C@]12O. The molecule has 5 nitrogen and oxygen atoms in total. The van der Waals surface area contributed by atoms with Crippen molar-refractivity contribution in [2.45, 2.75) is 115 Å². The molecule has 6 fully saturated rings. The molecular formula is C28H46O5. The number of fused-ring (bicyclic) bond motifs is 7. The molecule has 5 heteroatoms. The molecule has 2 N–H and O–H groups in total. The number of rotatable bonds is 1. The van der Waals surface area contributed by atoms with Crippen molar-refractivity contribution in [2.24, 2.45) is 46.3 Å². The number of ether oxygens (including phenoxy) is 3. The van der Waals surface area contributed by atoms with E-state index in [1.807, 2.05) is 0 Å². The number of aliphatic hydroxyl groups is 2. The maximum atomic E-state index is 12.0. The monoisotopic (exact) mass is 462 g/mol. The van der Waals surface area contributed by atoms with Crippen molar-refractivity contribution in [1.82, 2.24) is 0 Å². The summed E-state index contributed by atoms with van der Waals surface area (Å²) in [5.41, 5.74) is -0.853. The van der Waals surface area contributed by atoms with Crippen LogP contribution in [0, 0.1) is 46.3 Å². The lowest BCUT2D eigenvalue weighted by molar-refractivity contribution is -0.281. The first-order chi connectivity index (χ1) is 15.6. The zero-order valence-corrected chi connectivity index (χ0v) is 21.4. The molecule has 0 aromatic rings. The molecule has 1 spiro atoms. The number of hydrogen-bond donors (Lipinski definition) is 2. The van der Waals surface area contributed by atoms with E-state index >= 15 is 0 Å². The molecule has 6 aliphatic rings. The van der Waals surface area contributed by atoms with Gasteiger partial charge in [-0.05, 0) is 80.0 Å². The number of methoxy groups -OCH3 is 1. The average Bonchev–Trinajstić information content (AvgIpc) is 3.21. The first-order valence-corrected chi connectivity index (χ1v) is 13.8. The smallest absolute Gasteiger partial charge is 0.171 e. The Kier molecular flexibility index (Phi) is 5.21. The van der Waals surface area contributed by atoms with Crippen molar-refractivity contribution in [3.05, 3.63) is 0 Å². The fourth-order valence-corrected chi connectivity index (χ4v) is 10.5. The maximum absolute atomic E-state index is 12.0. The van der Waals surface area contributed by atoms with Crippen LogP contribution in [0.1, 0.15) is 85.5 Å². The zero-order valence-electron chi connectivity index (χ0n) is 21.4. The largest absolute Gasteiger partial charge is 0.393 e. The van der Waals surface area contributed by atoms with Crippen LogP contribution in [0.4, 0.5) is 0 Å². The zero-order chi connectivity index (χ0) is 23.4. The third kappa shape index (κ3) is 2.89. The molecule has 0 unspecified atom stereocenters. The Bertz CT molecular complexity index is 778. The third-order valence-electron chi connectivity index (χ3n) is 12.4. The molecule has 2 aliphatic heterocycles. The quantitative estimate of drug-likeness (QED) is 0.599. The van der Waals surface area contributed by atoms with Crippen molar-refractivity contribution >= 4 is 0 Å². The van der Waals surface area contributed by atoms with Gasteiger partial charge in [-0.1, -0.05) is 27.7 Å². The van der Waals surface area contributed by atoms with Gasteiger partial charge in [0, 0.05) is 31.3 Å². The van der Waals surface area contributed by atoms with E-state index in [1.165, 1.54) is 19.3 Å². The minimum absolute atomic E-state index is 0.189. The van der Waals surface area contributed by atoms with Crippen LogP contribution in [-0.2, 0) is 14.2 Å². The summed E-state index contributed by atoms with van der Waals surface area (Å²) in [7, 11) is 1.76. The minimum Gasteiger partial charge on any atom is -0.393 e. The minimum atomic E-state index is -0.927. The topological polar surface area (TPSA) is 68.2 Å². The van der Waals surface area contributed by atoms with E-state index in [0.717, 1.165) is 38.7 Å². The molecule has 0 amide bonds. The second-order valence-electron chi connectivity index (χ2n) is 13.6. The molecule has 0 aromatic carbocycles. The second-order valence-corrected chi connectivity index (χ2v) is 13.6. The van der Waals surface area contributed by atoms with E-state index in [1.54, 1.807) is 7.11 Å². The van der Waals surface area contributed by atoms with Gasteiger partial charge in [0.25, 0.3) is 0 Å².